The first kappa shape index (κ1) is 23.4. The number of amides is 3. The number of carboxylic acid groups (broad SMARTS) is 1. The maximum atomic E-state index is 13.3. The number of benzene rings is 2. The molecule has 0 unspecified atom stereocenters. The van der Waals surface area contributed by atoms with Gasteiger partial charge in [-0.1, -0.05) is 6.07 Å². The van der Waals surface area contributed by atoms with Crippen molar-refractivity contribution in [2.24, 2.45) is 0 Å². The lowest BCUT2D eigenvalue weighted by atomic mass is 9.94. The minimum Gasteiger partial charge on any atom is -0.497 e. The van der Waals surface area contributed by atoms with E-state index in [-0.39, 0.29) is 25.0 Å². The molecule has 2 aromatic carbocycles. The predicted octanol–water partition coefficient (Wildman–Crippen LogP) is 3.19. The number of anilines is 2. The molecular formula is C24H27N3O7. The van der Waals surface area contributed by atoms with Gasteiger partial charge in [0.25, 0.3) is 5.91 Å². The van der Waals surface area contributed by atoms with E-state index in [0.29, 0.717) is 41.3 Å². The molecule has 2 aliphatic heterocycles. The fraction of sp³-hybridized carbons (Fsp3) is 0.375. The standard InChI is InChI=1S/C24H27N3O7/c1-27-19-8-7-17(12-22(28)29)34-21(19)13-33-20-9-6-15(11-18(20)23(27)30)26-24(31)25-14-4-3-5-16(10-14)32-2/h3-6,9-11,17,19,21H,7-8,12-13H2,1-2H3,(H,28,29)(H2,25,26,31)/t17-,19-,21-/m0/s1. The van der Waals surface area contributed by atoms with Gasteiger partial charge < -0.3 is 34.9 Å². The van der Waals surface area contributed by atoms with E-state index in [9.17, 15) is 14.4 Å². The SMILES string of the molecule is COc1cccc(NC(=O)Nc2ccc3c(c2)C(=O)N(C)[C@H]2CC[C@@H](CC(=O)O)O[C@H]2CO3)c1. The Balaban J connectivity index is 1.47. The largest absolute Gasteiger partial charge is 0.497 e. The van der Waals surface area contributed by atoms with Crippen LogP contribution in [0, 0.1) is 0 Å². The number of aliphatic carboxylic acids is 1. The molecule has 2 aromatic rings. The van der Waals surface area contributed by atoms with Crippen molar-refractivity contribution >= 4 is 29.3 Å². The van der Waals surface area contributed by atoms with Gasteiger partial charge in [-0.15, -0.1) is 0 Å². The Morgan fingerprint density at radius 1 is 1.15 bits per heavy atom. The number of likely N-dealkylation sites (N-methyl/N-ethyl adjacent to an activating group) is 1. The fourth-order valence-electron chi connectivity index (χ4n) is 4.29. The minimum absolute atomic E-state index is 0.0790. The second-order valence-electron chi connectivity index (χ2n) is 8.29. The number of nitrogens with zero attached hydrogens (tertiary/aromatic N) is 1. The van der Waals surface area contributed by atoms with Gasteiger partial charge in [0.05, 0.1) is 31.2 Å². The highest BCUT2D eigenvalue weighted by molar-refractivity contribution is 6.02. The van der Waals surface area contributed by atoms with Crippen LogP contribution in [0.25, 0.3) is 0 Å². The van der Waals surface area contributed by atoms with Crippen molar-refractivity contribution in [2.75, 3.05) is 31.4 Å². The second-order valence-corrected chi connectivity index (χ2v) is 8.29. The molecule has 0 aliphatic carbocycles. The Morgan fingerprint density at radius 3 is 2.65 bits per heavy atom. The van der Waals surface area contributed by atoms with Crippen molar-refractivity contribution in [2.45, 2.75) is 37.5 Å². The van der Waals surface area contributed by atoms with E-state index >= 15 is 0 Å². The summed E-state index contributed by atoms with van der Waals surface area (Å²) in [5, 5.41) is 14.5. The van der Waals surface area contributed by atoms with E-state index in [1.165, 1.54) is 0 Å². The second kappa shape index (κ2) is 10.0. The lowest BCUT2D eigenvalue weighted by Gasteiger charge is -2.42. The first-order valence-corrected chi connectivity index (χ1v) is 11.0. The van der Waals surface area contributed by atoms with Gasteiger partial charge in [-0.3, -0.25) is 9.59 Å². The van der Waals surface area contributed by atoms with Gasteiger partial charge in [0.15, 0.2) is 0 Å². The van der Waals surface area contributed by atoms with Gasteiger partial charge >= 0.3 is 12.0 Å². The number of carbonyl (C=O) groups is 3. The number of hydrogen-bond acceptors (Lipinski definition) is 6. The summed E-state index contributed by atoms with van der Waals surface area (Å²) in [4.78, 5) is 38.4. The topological polar surface area (TPSA) is 126 Å². The van der Waals surface area contributed by atoms with Crippen LogP contribution in [0.4, 0.5) is 16.2 Å². The van der Waals surface area contributed by atoms with Crippen LogP contribution >= 0.6 is 0 Å². The number of methoxy groups -OCH3 is 1. The minimum atomic E-state index is -0.916. The first-order chi connectivity index (χ1) is 16.3. The Labute approximate surface area is 196 Å². The lowest BCUT2D eigenvalue weighted by Crippen LogP contribution is -2.53. The molecule has 3 amide bonds. The molecule has 0 spiro atoms. The molecule has 4 rings (SSSR count). The molecule has 2 aliphatic rings. The van der Waals surface area contributed by atoms with Crippen LogP contribution in [-0.2, 0) is 9.53 Å². The molecule has 10 nitrogen and oxygen atoms in total. The Kier molecular flexibility index (Phi) is 6.87. The third-order valence-corrected chi connectivity index (χ3v) is 6.00. The summed E-state index contributed by atoms with van der Waals surface area (Å²) >= 11 is 0. The quantitative estimate of drug-likeness (QED) is 0.614. The molecule has 10 heteroatoms. The number of nitrogens with one attached hydrogen (secondary N) is 2. The smallest absolute Gasteiger partial charge is 0.323 e. The fourth-order valence-corrected chi connectivity index (χ4v) is 4.29. The number of carbonyl (C=O) groups excluding carboxylic acids is 2. The van der Waals surface area contributed by atoms with Crippen LogP contribution in [0.2, 0.25) is 0 Å². The van der Waals surface area contributed by atoms with Crippen molar-refractivity contribution in [1.29, 1.82) is 0 Å². The third kappa shape index (κ3) is 5.23. The van der Waals surface area contributed by atoms with E-state index < -0.39 is 24.2 Å². The van der Waals surface area contributed by atoms with Crippen molar-refractivity contribution < 1.29 is 33.7 Å². The van der Waals surface area contributed by atoms with Crippen molar-refractivity contribution in [3.8, 4) is 11.5 Å². The number of ether oxygens (including phenoxy) is 3. The average molecular weight is 469 g/mol. The highest BCUT2D eigenvalue weighted by Crippen LogP contribution is 2.32. The van der Waals surface area contributed by atoms with E-state index in [1.54, 1.807) is 61.5 Å². The monoisotopic (exact) mass is 469 g/mol. The zero-order valence-corrected chi connectivity index (χ0v) is 18.9. The third-order valence-electron chi connectivity index (χ3n) is 6.00. The van der Waals surface area contributed by atoms with Crippen molar-refractivity contribution in [1.82, 2.24) is 4.90 Å². The zero-order valence-electron chi connectivity index (χ0n) is 18.9. The summed E-state index contributed by atoms with van der Waals surface area (Å²) in [6.07, 6.45) is 0.254. The van der Waals surface area contributed by atoms with E-state index in [2.05, 4.69) is 10.6 Å². The summed E-state index contributed by atoms with van der Waals surface area (Å²) in [6.45, 7) is 0.189. The van der Waals surface area contributed by atoms with Crippen LogP contribution in [0.5, 0.6) is 11.5 Å². The van der Waals surface area contributed by atoms with Crippen LogP contribution in [0.1, 0.15) is 29.6 Å². The van der Waals surface area contributed by atoms with E-state index in [1.807, 2.05) is 0 Å². The number of rotatable bonds is 5. The van der Waals surface area contributed by atoms with Gasteiger partial charge in [0, 0.05) is 24.5 Å². The first-order valence-electron chi connectivity index (χ1n) is 11.0. The van der Waals surface area contributed by atoms with Gasteiger partial charge in [-0.05, 0) is 43.2 Å². The predicted molar refractivity (Wildman–Crippen MR) is 124 cm³/mol. The lowest BCUT2D eigenvalue weighted by molar-refractivity contribution is -0.148. The number of carboxylic acids is 1. The Hall–Kier alpha value is -3.79. The van der Waals surface area contributed by atoms with Gasteiger partial charge in [-0.2, -0.15) is 0 Å². The Morgan fingerprint density at radius 2 is 1.91 bits per heavy atom. The summed E-state index contributed by atoms with van der Waals surface area (Å²) in [5.74, 6) is -0.190. The summed E-state index contributed by atoms with van der Waals surface area (Å²) < 4.78 is 17.0. The molecule has 1 fully saturated rings. The molecule has 34 heavy (non-hydrogen) atoms. The van der Waals surface area contributed by atoms with Crippen molar-refractivity contribution in [3.63, 3.8) is 0 Å². The normalized spacial score (nSPS) is 21.8. The molecule has 180 valence electrons. The summed E-state index contributed by atoms with van der Waals surface area (Å²) in [5.41, 5.74) is 1.32. The van der Waals surface area contributed by atoms with Gasteiger partial charge in [-0.25, -0.2) is 4.79 Å². The van der Waals surface area contributed by atoms with Crippen LogP contribution in [0.3, 0.4) is 0 Å². The molecule has 0 aromatic heterocycles. The highest BCUT2D eigenvalue weighted by Gasteiger charge is 2.39. The van der Waals surface area contributed by atoms with Gasteiger partial charge in [0.2, 0.25) is 0 Å². The van der Waals surface area contributed by atoms with E-state index in [4.69, 9.17) is 19.3 Å². The maximum Gasteiger partial charge on any atom is 0.323 e. The molecular weight excluding hydrogens is 442 g/mol. The molecule has 3 atom stereocenters. The van der Waals surface area contributed by atoms with Crippen molar-refractivity contribution in [3.05, 3.63) is 48.0 Å². The molecule has 0 saturated carbocycles. The maximum absolute atomic E-state index is 13.3. The molecule has 1 saturated heterocycles. The average Bonchev–Trinajstić information content (AvgIpc) is 2.81. The van der Waals surface area contributed by atoms with Crippen LogP contribution in [-0.4, -0.2) is 66.9 Å². The van der Waals surface area contributed by atoms with Crippen LogP contribution < -0.4 is 20.1 Å². The number of hydrogen-bond donors (Lipinski definition) is 3. The molecule has 0 radical (unpaired) electrons. The zero-order chi connectivity index (χ0) is 24.2. The Bertz CT molecular complexity index is 1090. The number of fused-ring (bicyclic) bond motifs is 2. The summed E-state index contributed by atoms with van der Waals surface area (Å²) in [7, 11) is 3.24. The highest BCUT2D eigenvalue weighted by atomic mass is 16.5. The molecule has 2 heterocycles. The summed E-state index contributed by atoms with van der Waals surface area (Å²) in [6, 6.07) is 11.1. The molecule has 0 bridgehead atoms. The van der Waals surface area contributed by atoms with Gasteiger partial charge in [0.1, 0.15) is 24.2 Å². The van der Waals surface area contributed by atoms with Crippen LogP contribution in [0.15, 0.2) is 42.5 Å². The molecule has 3 N–H and O–H groups in total. The number of urea groups is 1. The van der Waals surface area contributed by atoms with E-state index in [0.717, 1.165) is 0 Å².